The molecule has 0 bridgehead atoms. The van der Waals surface area contributed by atoms with Gasteiger partial charge in [-0.15, -0.1) is 0 Å². The zero-order valence-corrected chi connectivity index (χ0v) is 13.3. The highest BCUT2D eigenvalue weighted by Crippen LogP contribution is 2.28. The van der Waals surface area contributed by atoms with Crippen molar-refractivity contribution in [1.29, 1.82) is 0 Å². The van der Waals surface area contributed by atoms with Gasteiger partial charge in [-0.1, -0.05) is 43.7 Å². The first-order valence-electron chi connectivity index (χ1n) is 8.20. The van der Waals surface area contributed by atoms with Crippen molar-refractivity contribution >= 4 is 5.91 Å². The fourth-order valence-electron chi connectivity index (χ4n) is 3.15. The Hall–Kier alpha value is -1.35. The fraction of sp³-hybridized carbons (Fsp3) is 0.611. The van der Waals surface area contributed by atoms with Gasteiger partial charge in [0.15, 0.2) is 0 Å². The molecule has 0 radical (unpaired) electrons. The molecule has 0 spiro atoms. The molecule has 3 atom stereocenters. The van der Waals surface area contributed by atoms with Gasteiger partial charge in [0.25, 0.3) is 0 Å². The van der Waals surface area contributed by atoms with E-state index >= 15 is 0 Å². The van der Waals surface area contributed by atoms with Gasteiger partial charge in [0.2, 0.25) is 5.91 Å². The summed E-state index contributed by atoms with van der Waals surface area (Å²) >= 11 is 0. The molecular weight excluding hydrogens is 260 g/mol. The van der Waals surface area contributed by atoms with E-state index in [0.29, 0.717) is 18.9 Å². The van der Waals surface area contributed by atoms with E-state index in [-0.39, 0.29) is 18.0 Å². The van der Waals surface area contributed by atoms with Crippen molar-refractivity contribution < 1.29 is 4.79 Å². The van der Waals surface area contributed by atoms with E-state index in [1.807, 2.05) is 23.1 Å². The lowest BCUT2D eigenvalue weighted by molar-refractivity contribution is -0.135. The molecule has 1 aliphatic rings. The van der Waals surface area contributed by atoms with Crippen LogP contribution in [0.2, 0.25) is 0 Å². The maximum Gasteiger partial charge on any atom is 0.223 e. The highest BCUT2D eigenvalue weighted by Gasteiger charge is 2.29. The van der Waals surface area contributed by atoms with Crippen LogP contribution in [0.1, 0.15) is 51.5 Å². The Morgan fingerprint density at radius 1 is 1.33 bits per heavy atom. The molecule has 0 aromatic heterocycles. The minimum atomic E-state index is 0.212. The Balaban J connectivity index is 2.03. The van der Waals surface area contributed by atoms with Gasteiger partial charge in [-0.05, 0) is 37.7 Å². The second kappa shape index (κ2) is 7.60. The van der Waals surface area contributed by atoms with E-state index in [2.05, 4.69) is 26.0 Å². The van der Waals surface area contributed by atoms with Crippen LogP contribution in [0.5, 0.6) is 0 Å². The van der Waals surface area contributed by atoms with Crippen molar-refractivity contribution in [3.63, 3.8) is 0 Å². The molecule has 3 heteroatoms. The number of rotatable bonds is 6. The summed E-state index contributed by atoms with van der Waals surface area (Å²) < 4.78 is 0. The monoisotopic (exact) mass is 288 g/mol. The van der Waals surface area contributed by atoms with Crippen molar-refractivity contribution in [3.8, 4) is 0 Å². The van der Waals surface area contributed by atoms with Gasteiger partial charge >= 0.3 is 0 Å². The number of nitrogens with zero attached hydrogens (tertiary/aromatic N) is 1. The van der Waals surface area contributed by atoms with Crippen LogP contribution >= 0.6 is 0 Å². The minimum Gasteiger partial charge on any atom is -0.336 e. The summed E-state index contributed by atoms with van der Waals surface area (Å²) in [4.78, 5) is 14.7. The minimum absolute atomic E-state index is 0.212. The molecule has 1 saturated carbocycles. The Morgan fingerprint density at radius 3 is 2.62 bits per heavy atom. The summed E-state index contributed by atoms with van der Waals surface area (Å²) in [6, 6.07) is 10.7. The highest BCUT2D eigenvalue weighted by atomic mass is 16.2. The molecule has 1 fully saturated rings. The van der Waals surface area contributed by atoms with Gasteiger partial charge in [0.1, 0.15) is 0 Å². The van der Waals surface area contributed by atoms with Crippen molar-refractivity contribution in [2.75, 3.05) is 0 Å². The number of carbonyl (C=O) groups excluding carboxylic acids is 1. The van der Waals surface area contributed by atoms with Gasteiger partial charge < -0.3 is 10.6 Å². The Bertz CT molecular complexity index is 446. The fourth-order valence-corrected chi connectivity index (χ4v) is 3.15. The van der Waals surface area contributed by atoms with Crippen LogP contribution in [0.25, 0.3) is 0 Å². The molecule has 116 valence electrons. The maximum absolute atomic E-state index is 12.7. The molecule has 2 N–H and O–H groups in total. The van der Waals surface area contributed by atoms with Gasteiger partial charge in [-0.25, -0.2) is 0 Å². The van der Waals surface area contributed by atoms with Gasteiger partial charge in [-0.3, -0.25) is 4.79 Å². The third-order valence-electron chi connectivity index (χ3n) is 4.79. The van der Waals surface area contributed by atoms with Gasteiger partial charge in [0, 0.05) is 25.0 Å². The Labute approximate surface area is 128 Å². The highest BCUT2D eigenvalue weighted by molar-refractivity contribution is 5.77. The smallest absolute Gasteiger partial charge is 0.223 e. The third-order valence-corrected chi connectivity index (χ3v) is 4.79. The normalized spacial score (nSPS) is 23.0. The number of amides is 1. The largest absolute Gasteiger partial charge is 0.336 e. The van der Waals surface area contributed by atoms with Crippen molar-refractivity contribution in [2.24, 2.45) is 11.7 Å². The molecule has 0 aliphatic heterocycles. The van der Waals surface area contributed by atoms with E-state index in [0.717, 1.165) is 19.3 Å². The SMILES string of the molecule is CCC(C)N(Cc1ccccc1)C(=O)C[C@@H]1CCC[C@H]1N. The lowest BCUT2D eigenvalue weighted by Gasteiger charge is -2.30. The van der Waals surface area contributed by atoms with Crippen LogP contribution < -0.4 is 5.73 Å². The summed E-state index contributed by atoms with van der Waals surface area (Å²) in [6.07, 6.45) is 4.93. The first kappa shape index (κ1) is 16.0. The summed E-state index contributed by atoms with van der Waals surface area (Å²) in [6.45, 7) is 4.98. The molecular formula is C18H28N2O. The van der Waals surface area contributed by atoms with Crippen molar-refractivity contribution in [3.05, 3.63) is 35.9 Å². The number of benzene rings is 1. The lowest BCUT2D eigenvalue weighted by Crippen LogP contribution is -2.40. The van der Waals surface area contributed by atoms with Crippen LogP contribution in [-0.2, 0) is 11.3 Å². The molecule has 0 heterocycles. The molecule has 0 saturated heterocycles. The van der Waals surface area contributed by atoms with Crippen LogP contribution in [0.3, 0.4) is 0 Å². The topological polar surface area (TPSA) is 46.3 Å². The van der Waals surface area contributed by atoms with E-state index in [9.17, 15) is 4.79 Å². The molecule has 21 heavy (non-hydrogen) atoms. The van der Waals surface area contributed by atoms with Gasteiger partial charge in [-0.2, -0.15) is 0 Å². The van der Waals surface area contributed by atoms with E-state index in [1.165, 1.54) is 12.0 Å². The summed E-state index contributed by atoms with van der Waals surface area (Å²) in [5, 5.41) is 0. The molecule has 1 unspecified atom stereocenters. The number of nitrogens with two attached hydrogens (primary N) is 1. The summed E-state index contributed by atoms with van der Waals surface area (Å²) in [7, 11) is 0. The first-order chi connectivity index (χ1) is 10.1. The Kier molecular flexibility index (Phi) is 5.80. The molecule has 1 aliphatic carbocycles. The molecule has 1 amide bonds. The molecule has 2 rings (SSSR count). The van der Waals surface area contributed by atoms with E-state index in [4.69, 9.17) is 5.73 Å². The van der Waals surface area contributed by atoms with Crippen LogP contribution in [-0.4, -0.2) is 22.9 Å². The zero-order chi connectivity index (χ0) is 15.2. The second-order valence-corrected chi connectivity index (χ2v) is 6.32. The average Bonchev–Trinajstić information content (AvgIpc) is 2.90. The predicted octanol–water partition coefficient (Wildman–Crippen LogP) is 3.33. The number of hydrogen-bond donors (Lipinski definition) is 1. The molecule has 1 aromatic rings. The Morgan fingerprint density at radius 2 is 2.05 bits per heavy atom. The summed E-state index contributed by atoms with van der Waals surface area (Å²) in [5.41, 5.74) is 7.31. The number of hydrogen-bond acceptors (Lipinski definition) is 2. The third kappa shape index (κ3) is 4.31. The lowest BCUT2D eigenvalue weighted by atomic mass is 9.98. The van der Waals surface area contributed by atoms with Crippen LogP contribution in [0.15, 0.2) is 30.3 Å². The van der Waals surface area contributed by atoms with Crippen LogP contribution in [0.4, 0.5) is 0 Å². The van der Waals surface area contributed by atoms with E-state index < -0.39 is 0 Å². The second-order valence-electron chi connectivity index (χ2n) is 6.32. The molecule has 3 nitrogen and oxygen atoms in total. The first-order valence-corrected chi connectivity index (χ1v) is 8.20. The molecule has 1 aromatic carbocycles. The summed E-state index contributed by atoms with van der Waals surface area (Å²) in [5.74, 6) is 0.635. The van der Waals surface area contributed by atoms with Crippen LogP contribution in [0, 0.1) is 5.92 Å². The average molecular weight is 288 g/mol. The number of carbonyl (C=O) groups is 1. The van der Waals surface area contributed by atoms with Crippen molar-refractivity contribution in [1.82, 2.24) is 4.90 Å². The van der Waals surface area contributed by atoms with Gasteiger partial charge in [0.05, 0.1) is 0 Å². The van der Waals surface area contributed by atoms with Crippen molar-refractivity contribution in [2.45, 2.75) is 64.6 Å². The standard InChI is InChI=1S/C18H28N2O/c1-3-14(2)20(13-15-8-5-4-6-9-15)18(21)12-16-10-7-11-17(16)19/h4-6,8-9,14,16-17H,3,7,10-13,19H2,1-2H3/t14?,16-,17+/m0/s1. The quantitative estimate of drug-likeness (QED) is 0.872. The maximum atomic E-state index is 12.7. The van der Waals surface area contributed by atoms with E-state index in [1.54, 1.807) is 0 Å². The predicted molar refractivity (Wildman–Crippen MR) is 86.7 cm³/mol. The zero-order valence-electron chi connectivity index (χ0n) is 13.3.